The van der Waals surface area contributed by atoms with Crippen LogP contribution in [0.4, 0.5) is 0 Å². The van der Waals surface area contributed by atoms with Crippen molar-refractivity contribution in [2.45, 2.75) is 6.23 Å². The SMILES string of the molecule is NC(O)C(=O)O.[AlH3]. The van der Waals surface area contributed by atoms with Crippen molar-refractivity contribution >= 4 is 23.3 Å². The molecule has 0 aromatic rings. The second kappa shape index (κ2) is 4.09. The number of aliphatic hydroxyl groups excluding tert-OH is 1. The van der Waals surface area contributed by atoms with Gasteiger partial charge in [0.05, 0.1) is 0 Å². The highest BCUT2D eigenvalue weighted by atomic mass is 27.0. The summed E-state index contributed by atoms with van der Waals surface area (Å²) < 4.78 is 0. The zero-order chi connectivity index (χ0) is 5.15. The number of hydrogen-bond donors (Lipinski definition) is 3. The first-order valence-corrected chi connectivity index (χ1v) is 1.31. The van der Waals surface area contributed by atoms with Crippen molar-refractivity contribution in [1.29, 1.82) is 0 Å². The molecule has 4 nitrogen and oxygen atoms in total. The predicted octanol–water partition coefficient (Wildman–Crippen LogP) is -2.84. The lowest BCUT2D eigenvalue weighted by Gasteiger charge is -1.89. The van der Waals surface area contributed by atoms with Gasteiger partial charge in [0.1, 0.15) is 0 Å². The van der Waals surface area contributed by atoms with Gasteiger partial charge >= 0.3 is 5.97 Å². The summed E-state index contributed by atoms with van der Waals surface area (Å²) in [6.07, 6.45) is -1.73. The number of hydrogen-bond acceptors (Lipinski definition) is 3. The summed E-state index contributed by atoms with van der Waals surface area (Å²) in [7, 11) is 0. The maximum Gasteiger partial charge on any atom is 0.347 e. The Kier molecular flexibility index (Phi) is 5.86. The van der Waals surface area contributed by atoms with Crippen molar-refractivity contribution in [3.8, 4) is 0 Å². The molecule has 4 N–H and O–H groups in total. The zero-order valence-corrected chi connectivity index (χ0v) is 2.96. The molecule has 0 amide bonds. The number of nitrogens with two attached hydrogens (primary N) is 1. The molecule has 0 spiro atoms. The minimum Gasteiger partial charge on any atom is -0.478 e. The average molecular weight is 121 g/mol. The number of carbonyl (C=O) groups is 1. The van der Waals surface area contributed by atoms with Crippen molar-refractivity contribution in [3.63, 3.8) is 0 Å². The highest BCUT2D eigenvalue weighted by Gasteiger charge is 2.01. The Balaban J connectivity index is 0. The van der Waals surface area contributed by atoms with E-state index < -0.39 is 12.2 Å². The van der Waals surface area contributed by atoms with Gasteiger partial charge in [-0.2, -0.15) is 0 Å². The first kappa shape index (κ1) is 10.0. The third kappa shape index (κ3) is 5.92. The van der Waals surface area contributed by atoms with E-state index in [-0.39, 0.29) is 17.4 Å². The van der Waals surface area contributed by atoms with Gasteiger partial charge in [-0.25, -0.2) is 4.79 Å². The number of rotatable bonds is 1. The summed E-state index contributed by atoms with van der Waals surface area (Å²) in [4.78, 5) is 9.32. The fourth-order valence-corrected chi connectivity index (χ4v) is 0. The van der Waals surface area contributed by atoms with Crippen LogP contribution in [-0.2, 0) is 4.79 Å². The summed E-state index contributed by atoms with van der Waals surface area (Å²) in [5, 5.41) is 15.4. The molecule has 0 heterocycles. The van der Waals surface area contributed by atoms with Crippen LogP contribution in [0.25, 0.3) is 0 Å². The Bertz CT molecular complexity index is 64.0. The maximum atomic E-state index is 9.32. The summed E-state index contributed by atoms with van der Waals surface area (Å²) in [5.74, 6) is -1.41. The number of aliphatic carboxylic acids is 1. The zero-order valence-electron chi connectivity index (χ0n) is 2.96. The Hall–Kier alpha value is -0.0775. The van der Waals surface area contributed by atoms with Crippen molar-refractivity contribution in [2.75, 3.05) is 0 Å². The molecule has 0 saturated carbocycles. The second-order valence-corrected chi connectivity index (χ2v) is 0.783. The Morgan fingerprint density at radius 1 is 1.71 bits per heavy atom. The minimum atomic E-state index is -1.73. The van der Waals surface area contributed by atoms with E-state index in [2.05, 4.69) is 5.73 Å². The number of carboxylic acids is 1. The first-order valence-electron chi connectivity index (χ1n) is 1.31. The monoisotopic (exact) mass is 121 g/mol. The molecular formula is C2H8AlNO3. The van der Waals surface area contributed by atoms with Crippen LogP contribution in [-0.4, -0.2) is 39.8 Å². The maximum absolute atomic E-state index is 9.32. The molecule has 0 aromatic carbocycles. The lowest BCUT2D eigenvalue weighted by atomic mass is 10.6. The van der Waals surface area contributed by atoms with E-state index in [9.17, 15) is 4.79 Å². The highest BCUT2D eigenvalue weighted by molar-refractivity contribution is 5.75. The van der Waals surface area contributed by atoms with Gasteiger partial charge in [-0.15, -0.1) is 0 Å². The third-order valence-electron chi connectivity index (χ3n) is 0.253. The van der Waals surface area contributed by atoms with Crippen LogP contribution < -0.4 is 5.73 Å². The first-order chi connectivity index (χ1) is 2.64. The lowest BCUT2D eigenvalue weighted by Crippen LogP contribution is -2.28. The van der Waals surface area contributed by atoms with E-state index in [0.29, 0.717) is 0 Å². The fraction of sp³-hybridized carbons (Fsp3) is 0.500. The molecule has 0 fully saturated rings. The molecule has 42 valence electrons. The van der Waals surface area contributed by atoms with Gasteiger partial charge in [-0.05, 0) is 0 Å². The van der Waals surface area contributed by atoms with E-state index in [1.165, 1.54) is 0 Å². The van der Waals surface area contributed by atoms with E-state index in [1.54, 1.807) is 0 Å². The quantitative estimate of drug-likeness (QED) is 0.258. The summed E-state index contributed by atoms with van der Waals surface area (Å²) in [6.45, 7) is 0. The summed E-state index contributed by atoms with van der Waals surface area (Å²) >= 11 is 0. The largest absolute Gasteiger partial charge is 0.478 e. The van der Waals surface area contributed by atoms with Crippen LogP contribution >= 0.6 is 0 Å². The van der Waals surface area contributed by atoms with Crippen LogP contribution in [0.2, 0.25) is 0 Å². The van der Waals surface area contributed by atoms with Crippen LogP contribution in [0.1, 0.15) is 0 Å². The lowest BCUT2D eigenvalue weighted by molar-refractivity contribution is -0.146. The number of aliphatic hydroxyl groups is 1. The van der Waals surface area contributed by atoms with Crippen LogP contribution in [0, 0.1) is 0 Å². The normalized spacial score (nSPS) is 11.7. The average Bonchev–Trinajstić information content (AvgIpc) is 1.36. The van der Waals surface area contributed by atoms with Crippen molar-refractivity contribution in [2.24, 2.45) is 5.73 Å². The summed E-state index contributed by atoms with van der Waals surface area (Å²) in [5.41, 5.74) is 4.39. The Labute approximate surface area is 51.1 Å². The molecule has 0 rings (SSSR count). The van der Waals surface area contributed by atoms with Crippen LogP contribution in [0.15, 0.2) is 0 Å². The van der Waals surface area contributed by atoms with E-state index >= 15 is 0 Å². The van der Waals surface area contributed by atoms with Crippen molar-refractivity contribution in [1.82, 2.24) is 0 Å². The van der Waals surface area contributed by atoms with Crippen molar-refractivity contribution in [3.05, 3.63) is 0 Å². The molecule has 1 atom stereocenters. The number of carboxylic acid groups (broad SMARTS) is 1. The van der Waals surface area contributed by atoms with Gasteiger partial charge in [0.2, 0.25) is 6.23 Å². The predicted molar refractivity (Wildman–Crippen MR) is 27.8 cm³/mol. The molecule has 0 saturated heterocycles. The molecule has 0 bridgehead atoms. The topological polar surface area (TPSA) is 83.5 Å². The molecular weight excluding hydrogens is 113 g/mol. The third-order valence-corrected chi connectivity index (χ3v) is 0.253. The van der Waals surface area contributed by atoms with Crippen LogP contribution in [0.5, 0.6) is 0 Å². The van der Waals surface area contributed by atoms with Crippen LogP contribution in [0.3, 0.4) is 0 Å². The smallest absolute Gasteiger partial charge is 0.347 e. The van der Waals surface area contributed by atoms with Gasteiger partial charge in [-0.3, -0.25) is 5.73 Å². The van der Waals surface area contributed by atoms with Gasteiger partial charge in [0, 0.05) is 0 Å². The van der Waals surface area contributed by atoms with E-state index in [1.807, 2.05) is 0 Å². The van der Waals surface area contributed by atoms with Crippen molar-refractivity contribution < 1.29 is 15.0 Å². The second-order valence-electron chi connectivity index (χ2n) is 0.783. The molecule has 0 aromatic heterocycles. The molecule has 0 radical (unpaired) electrons. The van der Waals surface area contributed by atoms with Gasteiger partial charge in [-0.1, -0.05) is 0 Å². The highest BCUT2D eigenvalue weighted by Crippen LogP contribution is 1.62. The Morgan fingerprint density at radius 2 is 1.86 bits per heavy atom. The van der Waals surface area contributed by atoms with E-state index in [4.69, 9.17) is 10.2 Å². The Morgan fingerprint density at radius 3 is 1.86 bits per heavy atom. The van der Waals surface area contributed by atoms with Gasteiger partial charge in [0.15, 0.2) is 17.4 Å². The standard InChI is InChI=1S/C2H5NO3.Al.3H/c3-1(4)2(5)6;;;;/h1,4H,3H2,(H,5,6);;;;. The minimum absolute atomic E-state index is 0. The van der Waals surface area contributed by atoms with Gasteiger partial charge in [0.25, 0.3) is 0 Å². The molecule has 0 aliphatic rings. The van der Waals surface area contributed by atoms with Gasteiger partial charge < -0.3 is 10.2 Å². The molecule has 5 heteroatoms. The molecule has 1 unspecified atom stereocenters. The summed E-state index contributed by atoms with van der Waals surface area (Å²) in [6, 6.07) is 0. The molecule has 0 aliphatic heterocycles. The fourth-order valence-electron chi connectivity index (χ4n) is 0. The molecule has 0 aliphatic carbocycles. The van der Waals surface area contributed by atoms with E-state index in [0.717, 1.165) is 0 Å². The molecule has 7 heavy (non-hydrogen) atoms.